The van der Waals surface area contributed by atoms with Gasteiger partial charge in [0.2, 0.25) is 0 Å². The first-order chi connectivity index (χ1) is 4.84. The average Bonchev–Trinajstić information content (AvgIpc) is 1.94. The van der Waals surface area contributed by atoms with Gasteiger partial charge >= 0.3 is 0 Å². The molecule has 0 bridgehead atoms. The number of ketones is 1. The molecule has 1 aliphatic carbocycles. The van der Waals surface area contributed by atoms with Crippen molar-refractivity contribution in [3.8, 4) is 0 Å². The van der Waals surface area contributed by atoms with Crippen LogP contribution in [0.15, 0.2) is 0 Å². The zero-order valence-electron chi connectivity index (χ0n) is 6.43. The molecule has 1 atom stereocenters. The molecule has 0 aromatic rings. The molecule has 1 aliphatic rings. The van der Waals surface area contributed by atoms with E-state index >= 15 is 0 Å². The molecule has 1 saturated carbocycles. The monoisotopic (exact) mass is 142 g/mol. The summed E-state index contributed by atoms with van der Waals surface area (Å²) in [5.74, 6) is 0.299. The smallest absolute Gasteiger partial charge is 0.161 e. The first-order valence-corrected chi connectivity index (χ1v) is 3.99. The molecule has 0 unspecified atom stereocenters. The van der Waals surface area contributed by atoms with Crippen molar-refractivity contribution in [1.29, 1.82) is 0 Å². The lowest BCUT2D eigenvalue weighted by Crippen LogP contribution is -2.27. The predicted molar refractivity (Wildman–Crippen MR) is 38.9 cm³/mol. The molecular formula is C8H14O2. The van der Waals surface area contributed by atoms with Crippen molar-refractivity contribution in [1.82, 2.24) is 0 Å². The molecular weight excluding hydrogens is 128 g/mol. The van der Waals surface area contributed by atoms with Crippen LogP contribution in [-0.4, -0.2) is 18.5 Å². The quantitative estimate of drug-likeness (QED) is 0.584. The van der Waals surface area contributed by atoms with Crippen LogP contribution in [-0.2, 0) is 9.53 Å². The standard InChI is InChI=1S/C8H14O2/c1-2-10-8-6-4-3-5-7(8)9/h8H,2-6H2,1H3/t8-/m0/s1. The predicted octanol–water partition coefficient (Wildman–Crippen LogP) is 1.53. The summed E-state index contributed by atoms with van der Waals surface area (Å²) in [6.45, 7) is 2.60. The summed E-state index contributed by atoms with van der Waals surface area (Å²) in [6.07, 6.45) is 3.80. The van der Waals surface area contributed by atoms with Crippen LogP contribution in [0.2, 0.25) is 0 Å². The summed E-state index contributed by atoms with van der Waals surface area (Å²) in [7, 11) is 0. The van der Waals surface area contributed by atoms with Gasteiger partial charge < -0.3 is 4.74 Å². The highest BCUT2D eigenvalue weighted by Crippen LogP contribution is 2.16. The van der Waals surface area contributed by atoms with E-state index in [4.69, 9.17) is 4.74 Å². The van der Waals surface area contributed by atoms with Gasteiger partial charge in [-0.15, -0.1) is 0 Å². The van der Waals surface area contributed by atoms with Gasteiger partial charge in [0.25, 0.3) is 0 Å². The van der Waals surface area contributed by atoms with E-state index in [0.717, 1.165) is 25.7 Å². The Hall–Kier alpha value is -0.370. The molecule has 0 amide bonds. The van der Waals surface area contributed by atoms with Crippen LogP contribution >= 0.6 is 0 Å². The number of rotatable bonds is 2. The van der Waals surface area contributed by atoms with E-state index in [1.807, 2.05) is 6.92 Å². The van der Waals surface area contributed by atoms with Gasteiger partial charge in [-0.1, -0.05) is 0 Å². The molecule has 0 aliphatic heterocycles. The molecule has 0 N–H and O–H groups in total. The Kier molecular flexibility index (Phi) is 2.87. The van der Waals surface area contributed by atoms with Gasteiger partial charge in [-0.2, -0.15) is 0 Å². The Bertz CT molecular complexity index is 118. The third kappa shape index (κ3) is 1.81. The summed E-state index contributed by atoms with van der Waals surface area (Å²) in [5.41, 5.74) is 0. The first-order valence-electron chi connectivity index (χ1n) is 3.99. The Morgan fingerprint density at radius 2 is 2.40 bits per heavy atom. The maximum atomic E-state index is 11.1. The van der Waals surface area contributed by atoms with Crippen molar-refractivity contribution >= 4 is 5.78 Å². The second kappa shape index (κ2) is 3.71. The Morgan fingerprint density at radius 3 is 3.00 bits per heavy atom. The van der Waals surface area contributed by atoms with E-state index in [2.05, 4.69) is 0 Å². The highest BCUT2D eigenvalue weighted by atomic mass is 16.5. The largest absolute Gasteiger partial charge is 0.371 e. The second-order valence-corrected chi connectivity index (χ2v) is 2.66. The summed E-state index contributed by atoms with van der Waals surface area (Å²) in [5, 5.41) is 0. The molecule has 2 nitrogen and oxygen atoms in total. The molecule has 1 fully saturated rings. The number of ether oxygens (including phenoxy) is 1. The van der Waals surface area contributed by atoms with E-state index in [-0.39, 0.29) is 6.10 Å². The normalized spacial score (nSPS) is 26.9. The van der Waals surface area contributed by atoms with Crippen LogP contribution in [0.3, 0.4) is 0 Å². The van der Waals surface area contributed by atoms with Gasteiger partial charge in [-0.05, 0) is 26.2 Å². The summed E-state index contributed by atoms with van der Waals surface area (Å²) >= 11 is 0. The fraction of sp³-hybridized carbons (Fsp3) is 0.875. The summed E-state index contributed by atoms with van der Waals surface area (Å²) in [4.78, 5) is 11.1. The lowest BCUT2D eigenvalue weighted by molar-refractivity contribution is -0.132. The van der Waals surface area contributed by atoms with E-state index in [1.165, 1.54) is 0 Å². The number of Topliss-reactive ketones (excluding diaryl/α,β-unsaturated/α-hetero) is 1. The van der Waals surface area contributed by atoms with Crippen LogP contribution in [0.4, 0.5) is 0 Å². The van der Waals surface area contributed by atoms with E-state index in [0.29, 0.717) is 12.4 Å². The van der Waals surface area contributed by atoms with Crippen LogP contribution in [0.5, 0.6) is 0 Å². The van der Waals surface area contributed by atoms with Crippen LogP contribution in [0.1, 0.15) is 32.6 Å². The molecule has 0 heterocycles. The van der Waals surface area contributed by atoms with Crippen molar-refractivity contribution < 1.29 is 9.53 Å². The molecule has 0 saturated heterocycles. The third-order valence-electron chi connectivity index (χ3n) is 1.87. The zero-order chi connectivity index (χ0) is 7.40. The van der Waals surface area contributed by atoms with Crippen molar-refractivity contribution in [2.45, 2.75) is 38.7 Å². The summed E-state index contributed by atoms with van der Waals surface area (Å²) < 4.78 is 5.25. The van der Waals surface area contributed by atoms with Gasteiger partial charge in [-0.3, -0.25) is 4.79 Å². The maximum absolute atomic E-state index is 11.1. The highest BCUT2D eigenvalue weighted by Gasteiger charge is 2.21. The number of hydrogen-bond donors (Lipinski definition) is 0. The lowest BCUT2D eigenvalue weighted by Gasteiger charge is -2.19. The average molecular weight is 142 g/mol. The van der Waals surface area contributed by atoms with Crippen LogP contribution < -0.4 is 0 Å². The maximum Gasteiger partial charge on any atom is 0.161 e. The lowest BCUT2D eigenvalue weighted by atomic mass is 9.96. The summed E-state index contributed by atoms with van der Waals surface area (Å²) in [6, 6.07) is 0. The zero-order valence-corrected chi connectivity index (χ0v) is 6.43. The molecule has 1 rings (SSSR count). The van der Waals surface area contributed by atoms with Crippen molar-refractivity contribution in [3.05, 3.63) is 0 Å². The molecule has 0 aromatic heterocycles. The Labute approximate surface area is 61.6 Å². The Balaban J connectivity index is 2.32. The minimum atomic E-state index is -0.0706. The van der Waals surface area contributed by atoms with Crippen molar-refractivity contribution in [2.24, 2.45) is 0 Å². The fourth-order valence-corrected chi connectivity index (χ4v) is 1.33. The molecule has 10 heavy (non-hydrogen) atoms. The van der Waals surface area contributed by atoms with Crippen LogP contribution in [0.25, 0.3) is 0 Å². The Morgan fingerprint density at radius 1 is 1.60 bits per heavy atom. The van der Waals surface area contributed by atoms with E-state index in [1.54, 1.807) is 0 Å². The molecule has 58 valence electrons. The van der Waals surface area contributed by atoms with Crippen LogP contribution in [0, 0.1) is 0 Å². The SMILES string of the molecule is CCO[C@H]1CCCCC1=O. The first kappa shape index (κ1) is 7.73. The minimum Gasteiger partial charge on any atom is -0.371 e. The molecule has 2 heteroatoms. The molecule has 0 aromatic carbocycles. The minimum absolute atomic E-state index is 0.0706. The number of carbonyl (C=O) groups is 1. The number of carbonyl (C=O) groups excluding carboxylic acids is 1. The van der Waals surface area contributed by atoms with Gasteiger partial charge in [0.15, 0.2) is 5.78 Å². The van der Waals surface area contributed by atoms with E-state index < -0.39 is 0 Å². The van der Waals surface area contributed by atoms with Gasteiger partial charge in [0, 0.05) is 13.0 Å². The molecule has 0 spiro atoms. The fourth-order valence-electron chi connectivity index (χ4n) is 1.33. The van der Waals surface area contributed by atoms with Crippen molar-refractivity contribution in [2.75, 3.05) is 6.61 Å². The molecule has 0 radical (unpaired) electrons. The highest BCUT2D eigenvalue weighted by molar-refractivity contribution is 5.83. The topological polar surface area (TPSA) is 26.3 Å². The van der Waals surface area contributed by atoms with Gasteiger partial charge in [0.05, 0.1) is 0 Å². The number of hydrogen-bond acceptors (Lipinski definition) is 2. The van der Waals surface area contributed by atoms with Gasteiger partial charge in [-0.25, -0.2) is 0 Å². The second-order valence-electron chi connectivity index (χ2n) is 2.66. The van der Waals surface area contributed by atoms with Crippen molar-refractivity contribution in [3.63, 3.8) is 0 Å². The van der Waals surface area contributed by atoms with E-state index in [9.17, 15) is 4.79 Å². The third-order valence-corrected chi connectivity index (χ3v) is 1.87. The van der Waals surface area contributed by atoms with Gasteiger partial charge in [0.1, 0.15) is 6.10 Å².